The fraction of sp³-hybridized carbons (Fsp3) is 0.438. The molecule has 0 aliphatic carbocycles. The number of hydrogen-bond donors (Lipinski definition) is 1. The van der Waals surface area contributed by atoms with Gasteiger partial charge in [0.05, 0.1) is 0 Å². The van der Waals surface area contributed by atoms with Gasteiger partial charge >= 0.3 is 0 Å². The molecule has 106 valence electrons. The molecular weight excluding hydrogens is 254 g/mol. The number of ketones is 2. The first-order chi connectivity index (χ1) is 9.30. The maximum atomic E-state index is 12.3. The van der Waals surface area contributed by atoms with Gasteiger partial charge in [0, 0.05) is 18.5 Å². The van der Waals surface area contributed by atoms with Crippen LogP contribution in [0.5, 0.6) is 0 Å². The molecule has 1 heterocycles. The SMILES string of the molecule is CC(C)(C)c1ccc(C(=O)C2C(=O)CCNC2=O)cc1. The molecule has 1 fully saturated rings. The van der Waals surface area contributed by atoms with Crippen LogP contribution in [0.3, 0.4) is 0 Å². The van der Waals surface area contributed by atoms with Crippen molar-refractivity contribution in [1.29, 1.82) is 0 Å². The maximum absolute atomic E-state index is 12.3. The Morgan fingerprint density at radius 3 is 2.25 bits per heavy atom. The van der Waals surface area contributed by atoms with E-state index in [1.807, 2.05) is 12.1 Å². The summed E-state index contributed by atoms with van der Waals surface area (Å²) in [6.45, 7) is 6.58. The standard InChI is InChI=1S/C16H19NO3/c1-16(2,3)11-6-4-10(5-7-11)14(19)13-12(18)8-9-17-15(13)20/h4-7,13H,8-9H2,1-3H3,(H,17,20). The number of carbonyl (C=O) groups excluding carboxylic acids is 3. The molecule has 20 heavy (non-hydrogen) atoms. The van der Waals surface area contributed by atoms with Crippen LogP contribution in [0.25, 0.3) is 0 Å². The third-order valence-corrected chi connectivity index (χ3v) is 3.55. The van der Waals surface area contributed by atoms with E-state index in [4.69, 9.17) is 0 Å². The molecule has 0 aromatic heterocycles. The molecule has 1 atom stereocenters. The van der Waals surface area contributed by atoms with Gasteiger partial charge in [-0.05, 0) is 11.0 Å². The Kier molecular flexibility index (Phi) is 3.75. The topological polar surface area (TPSA) is 63.2 Å². The molecule has 1 N–H and O–H groups in total. The smallest absolute Gasteiger partial charge is 0.238 e. The van der Waals surface area contributed by atoms with E-state index in [0.717, 1.165) is 5.56 Å². The molecule has 2 rings (SSSR count). The van der Waals surface area contributed by atoms with E-state index >= 15 is 0 Å². The van der Waals surface area contributed by atoms with E-state index in [2.05, 4.69) is 26.1 Å². The summed E-state index contributed by atoms with van der Waals surface area (Å²) in [7, 11) is 0. The van der Waals surface area contributed by atoms with E-state index < -0.39 is 17.6 Å². The van der Waals surface area contributed by atoms with Gasteiger partial charge in [-0.25, -0.2) is 0 Å². The first-order valence-electron chi connectivity index (χ1n) is 6.76. The predicted molar refractivity (Wildman–Crippen MR) is 75.6 cm³/mol. The summed E-state index contributed by atoms with van der Waals surface area (Å²) in [4.78, 5) is 35.8. The van der Waals surface area contributed by atoms with E-state index in [1.165, 1.54) is 0 Å². The van der Waals surface area contributed by atoms with Crippen molar-refractivity contribution < 1.29 is 14.4 Å². The molecule has 4 heteroatoms. The normalized spacial score (nSPS) is 19.6. The number of nitrogens with one attached hydrogen (secondary N) is 1. The van der Waals surface area contributed by atoms with Crippen LogP contribution in [0.2, 0.25) is 0 Å². The highest BCUT2D eigenvalue weighted by molar-refractivity contribution is 6.24. The zero-order valence-electron chi connectivity index (χ0n) is 12.0. The van der Waals surface area contributed by atoms with Crippen LogP contribution in [-0.4, -0.2) is 24.0 Å². The van der Waals surface area contributed by atoms with Gasteiger partial charge in [-0.2, -0.15) is 0 Å². The van der Waals surface area contributed by atoms with E-state index in [-0.39, 0.29) is 17.6 Å². The van der Waals surface area contributed by atoms with Gasteiger partial charge in [-0.3, -0.25) is 14.4 Å². The molecule has 0 bridgehead atoms. The van der Waals surface area contributed by atoms with Crippen molar-refractivity contribution in [3.05, 3.63) is 35.4 Å². The number of piperidine rings is 1. The summed E-state index contributed by atoms with van der Waals surface area (Å²) >= 11 is 0. The molecule has 4 nitrogen and oxygen atoms in total. The molecule has 1 aromatic rings. The fourth-order valence-corrected chi connectivity index (χ4v) is 2.27. The van der Waals surface area contributed by atoms with Crippen LogP contribution in [0.4, 0.5) is 0 Å². The average molecular weight is 273 g/mol. The van der Waals surface area contributed by atoms with Crippen LogP contribution < -0.4 is 5.32 Å². The molecule has 0 spiro atoms. The van der Waals surface area contributed by atoms with Gasteiger partial charge in [0.15, 0.2) is 17.5 Å². The van der Waals surface area contributed by atoms with Crippen molar-refractivity contribution in [2.75, 3.05) is 6.54 Å². The highest BCUT2D eigenvalue weighted by Crippen LogP contribution is 2.23. The van der Waals surface area contributed by atoms with Gasteiger partial charge in [-0.15, -0.1) is 0 Å². The second-order valence-corrected chi connectivity index (χ2v) is 6.13. The Bertz CT molecular complexity index is 536. The lowest BCUT2D eigenvalue weighted by molar-refractivity contribution is -0.134. The quantitative estimate of drug-likeness (QED) is 0.661. The summed E-state index contributed by atoms with van der Waals surface area (Å²) in [5.41, 5.74) is 1.52. The van der Waals surface area contributed by atoms with Crippen LogP contribution in [0, 0.1) is 5.92 Å². The van der Waals surface area contributed by atoms with Crippen molar-refractivity contribution in [3.8, 4) is 0 Å². The Morgan fingerprint density at radius 1 is 1.15 bits per heavy atom. The lowest BCUT2D eigenvalue weighted by atomic mass is 9.84. The molecule has 1 aliphatic heterocycles. The Morgan fingerprint density at radius 2 is 1.75 bits per heavy atom. The minimum absolute atomic E-state index is 0.000386. The van der Waals surface area contributed by atoms with Gasteiger partial charge < -0.3 is 5.32 Å². The van der Waals surface area contributed by atoms with Gasteiger partial charge in [0.1, 0.15) is 0 Å². The van der Waals surface area contributed by atoms with Crippen molar-refractivity contribution >= 4 is 17.5 Å². The largest absolute Gasteiger partial charge is 0.355 e. The Balaban J connectivity index is 2.25. The highest BCUT2D eigenvalue weighted by atomic mass is 16.2. The minimum atomic E-state index is -1.18. The van der Waals surface area contributed by atoms with Crippen LogP contribution in [0.15, 0.2) is 24.3 Å². The maximum Gasteiger partial charge on any atom is 0.238 e. The first kappa shape index (κ1) is 14.4. The fourth-order valence-electron chi connectivity index (χ4n) is 2.27. The average Bonchev–Trinajstić information content (AvgIpc) is 2.37. The third kappa shape index (κ3) is 2.79. The molecular formula is C16H19NO3. The van der Waals surface area contributed by atoms with Crippen LogP contribution in [-0.2, 0) is 15.0 Å². The molecule has 1 amide bonds. The minimum Gasteiger partial charge on any atom is -0.355 e. The summed E-state index contributed by atoms with van der Waals surface area (Å²) in [5, 5.41) is 2.57. The van der Waals surface area contributed by atoms with Gasteiger partial charge in [-0.1, -0.05) is 45.0 Å². The van der Waals surface area contributed by atoms with Crippen molar-refractivity contribution in [1.82, 2.24) is 5.32 Å². The summed E-state index contributed by atoms with van der Waals surface area (Å²) in [6.07, 6.45) is 0.224. The number of benzene rings is 1. The Labute approximate surface area is 118 Å². The molecule has 0 radical (unpaired) electrons. The summed E-state index contributed by atoms with van der Waals surface area (Å²) in [5.74, 6) is -2.36. The van der Waals surface area contributed by atoms with E-state index in [0.29, 0.717) is 12.1 Å². The highest BCUT2D eigenvalue weighted by Gasteiger charge is 2.36. The lowest BCUT2D eigenvalue weighted by Crippen LogP contribution is -2.46. The molecule has 1 aliphatic rings. The van der Waals surface area contributed by atoms with Crippen molar-refractivity contribution in [2.24, 2.45) is 5.92 Å². The monoisotopic (exact) mass is 273 g/mol. The van der Waals surface area contributed by atoms with E-state index in [9.17, 15) is 14.4 Å². The predicted octanol–water partition coefficient (Wildman–Crippen LogP) is 1.87. The van der Waals surface area contributed by atoms with E-state index in [1.54, 1.807) is 12.1 Å². The summed E-state index contributed by atoms with van der Waals surface area (Å²) in [6, 6.07) is 7.13. The Hall–Kier alpha value is -1.97. The zero-order chi connectivity index (χ0) is 14.9. The second-order valence-electron chi connectivity index (χ2n) is 6.13. The molecule has 1 unspecified atom stereocenters. The number of hydrogen-bond acceptors (Lipinski definition) is 3. The molecule has 1 aromatic carbocycles. The third-order valence-electron chi connectivity index (χ3n) is 3.55. The second kappa shape index (κ2) is 5.19. The first-order valence-corrected chi connectivity index (χ1v) is 6.76. The number of carbonyl (C=O) groups is 3. The molecule has 1 saturated heterocycles. The number of rotatable bonds is 2. The lowest BCUT2D eigenvalue weighted by Gasteiger charge is -2.21. The number of amides is 1. The summed E-state index contributed by atoms with van der Waals surface area (Å²) < 4.78 is 0. The van der Waals surface area contributed by atoms with Crippen molar-refractivity contribution in [3.63, 3.8) is 0 Å². The van der Waals surface area contributed by atoms with Gasteiger partial charge in [0.25, 0.3) is 0 Å². The van der Waals surface area contributed by atoms with Crippen LogP contribution in [0.1, 0.15) is 43.1 Å². The van der Waals surface area contributed by atoms with Crippen LogP contribution >= 0.6 is 0 Å². The zero-order valence-corrected chi connectivity index (χ0v) is 12.0. The number of Topliss-reactive ketones (excluding diaryl/α,β-unsaturated/α-hetero) is 2. The molecule has 0 saturated carbocycles. The van der Waals surface area contributed by atoms with Gasteiger partial charge in [0.2, 0.25) is 5.91 Å². The van der Waals surface area contributed by atoms with Crippen molar-refractivity contribution in [2.45, 2.75) is 32.6 Å².